The number of allylic oxidation sites excluding steroid dienone is 1. The molecule has 0 spiro atoms. The zero-order chi connectivity index (χ0) is 13.7. The van der Waals surface area contributed by atoms with Crippen molar-refractivity contribution in [2.45, 2.75) is 45.3 Å². The van der Waals surface area contributed by atoms with Crippen LogP contribution in [0.25, 0.3) is 0 Å². The van der Waals surface area contributed by atoms with E-state index in [0.29, 0.717) is 11.1 Å². The minimum Gasteiger partial charge on any atom is -0.485 e. The van der Waals surface area contributed by atoms with Gasteiger partial charge in [-0.2, -0.15) is 0 Å². The Balaban J connectivity index is 2.06. The van der Waals surface area contributed by atoms with Crippen molar-refractivity contribution in [2.75, 3.05) is 6.54 Å². The van der Waals surface area contributed by atoms with Gasteiger partial charge in [-0.15, -0.1) is 0 Å². The van der Waals surface area contributed by atoms with E-state index in [1.807, 2.05) is 12.1 Å². The van der Waals surface area contributed by atoms with Gasteiger partial charge in [0.1, 0.15) is 11.9 Å². The van der Waals surface area contributed by atoms with Gasteiger partial charge in [0.15, 0.2) is 0 Å². The van der Waals surface area contributed by atoms with Gasteiger partial charge in [0.05, 0.1) is 5.02 Å². The third-order valence-corrected chi connectivity index (χ3v) is 3.75. The van der Waals surface area contributed by atoms with Crippen molar-refractivity contribution >= 4 is 11.6 Å². The first-order chi connectivity index (χ1) is 9.20. The van der Waals surface area contributed by atoms with Crippen molar-refractivity contribution in [2.24, 2.45) is 0 Å². The molecule has 1 aromatic carbocycles. The Bertz CT molecular complexity index is 444. The molecule has 2 atom stereocenters. The number of hydrogen-bond acceptors (Lipinski definition) is 2. The molecule has 1 aliphatic carbocycles. The van der Waals surface area contributed by atoms with Crippen LogP contribution in [0, 0.1) is 0 Å². The van der Waals surface area contributed by atoms with Crippen molar-refractivity contribution < 1.29 is 4.74 Å². The van der Waals surface area contributed by atoms with E-state index in [-0.39, 0.29) is 6.10 Å². The number of rotatable bonds is 5. The second-order valence-corrected chi connectivity index (χ2v) is 5.39. The zero-order valence-electron chi connectivity index (χ0n) is 11.7. The minimum absolute atomic E-state index is 0.170. The van der Waals surface area contributed by atoms with Crippen molar-refractivity contribution in [1.29, 1.82) is 0 Å². The van der Waals surface area contributed by atoms with E-state index >= 15 is 0 Å². The Morgan fingerprint density at radius 3 is 2.95 bits per heavy atom. The van der Waals surface area contributed by atoms with Crippen LogP contribution in [-0.4, -0.2) is 12.6 Å². The second-order valence-electron chi connectivity index (χ2n) is 4.98. The summed E-state index contributed by atoms with van der Waals surface area (Å²) in [5, 5.41) is 4.07. The van der Waals surface area contributed by atoms with Crippen LogP contribution in [-0.2, 0) is 0 Å². The van der Waals surface area contributed by atoms with Crippen LogP contribution in [0.5, 0.6) is 5.75 Å². The van der Waals surface area contributed by atoms with Gasteiger partial charge < -0.3 is 10.1 Å². The lowest BCUT2D eigenvalue weighted by Crippen LogP contribution is -2.18. The van der Waals surface area contributed by atoms with Crippen LogP contribution >= 0.6 is 11.6 Å². The summed E-state index contributed by atoms with van der Waals surface area (Å²) in [6.45, 7) is 5.19. The highest BCUT2D eigenvalue weighted by atomic mass is 35.5. The maximum Gasteiger partial charge on any atom is 0.138 e. The summed E-state index contributed by atoms with van der Waals surface area (Å²) < 4.78 is 5.94. The Kier molecular flexibility index (Phi) is 5.29. The van der Waals surface area contributed by atoms with Crippen molar-refractivity contribution in [3.63, 3.8) is 0 Å². The molecule has 0 saturated carbocycles. The Hall–Kier alpha value is -0.990. The predicted molar refractivity (Wildman–Crippen MR) is 81.0 cm³/mol. The molecule has 0 heterocycles. The second kappa shape index (κ2) is 6.97. The normalized spacial score (nSPS) is 20.3. The summed E-state index contributed by atoms with van der Waals surface area (Å²) in [7, 11) is 0. The lowest BCUT2D eigenvalue weighted by molar-refractivity contribution is 0.230. The van der Waals surface area contributed by atoms with E-state index < -0.39 is 0 Å². The first-order valence-electron chi connectivity index (χ1n) is 7.07. The van der Waals surface area contributed by atoms with Gasteiger partial charge >= 0.3 is 0 Å². The van der Waals surface area contributed by atoms with Crippen molar-refractivity contribution in [3.8, 4) is 5.75 Å². The molecule has 0 saturated heterocycles. The summed E-state index contributed by atoms with van der Waals surface area (Å²) in [5.74, 6) is 0.783. The highest BCUT2D eigenvalue weighted by Crippen LogP contribution is 2.30. The largest absolute Gasteiger partial charge is 0.485 e. The zero-order valence-corrected chi connectivity index (χ0v) is 12.4. The van der Waals surface area contributed by atoms with Gasteiger partial charge in [-0.05, 0) is 56.5 Å². The van der Waals surface area contributed by atoms with Gasteiger partial charge in [0.2, 0.25) is 0 Å². The third-order valence-electron chi connectivity index (χ3n) is 3.45. The van der Waals surface area contributed by atoms with E-state index in [4.69, 9.17) is 16.3 Å². The molecular formula is C16H22ClNO. The minimum atomic E-state index is 0.170. The Labute approximate surface area is 120 Å². The fourth-order valence-corrected chi connectivity index (χ4v) is 2.58. The van der Waals surface area contributed by atoms with Gasteiger partial charge in [-0.25, -0.2) is 0 Å². The van der Waals surface area contributed by atoms with Gasteiger partial charge in [-0.3, -0.25) is 0 Å². The number of ether oxygens (including phenoxy) is 1. The average Bonchev–Trinajstić information content (AvgIpc) is 2.42. The summed E-state index contributed by atoms with van der Waals surface area (Å²) in [4.78, 5) is 0. The average molecular weight is 280 g/mol. The molecule has 1 N–H and O–H groups in total. The molecule has 2 nitrogen and oxygen atoms in total. The number of benzene rings is 1. The molecule has 2 rings (SSSR count). The first-order valence-corrected chi connectivity index (χ1v) is 7.44. The lowest BCUT2D eigenvalue weighted by atomic mass is 10.1. The standard InChI is InChI=1S/C16H22ClNO/c1-3-18-12(2)13-9-10-16(15(17)11-13)19-14-7-5-4-6-8-14/h5,7,9-12,14,18H,3-4,6,8H2,1-2H3. The van der Waals surface area contributed by atoms with E-state index in [1.165, 1.54) is 12.0 Å². The highest BCUT2D eigenvalue weighted by Gasteiger charge is 2.13. The molecular weight excluding hydrogens is 258 g/mol. The molecule has 0 bridgehead atoms. The maximum absolute atomic E-state index is 6.32. The van der Waals surface area contributed by atoms with Crippen LogP contribution in [0.15, 0.2) is 30.4 Å². The van der Waals surface area contributed by atoms with E-state index in [1.54, 1.807) is 0 Å². The molecule has 1 aliphatic rings. The Morgan fingerprint density at radius 1 is 1.47 bits per heavy atom. The number of nitrogens with one attached hydrogen (secondary N) is 1. The van der Waals surface area contributed by atoms with Crippen LogP contribution in [0.2, 0.25) is 5.02 Å². The predicted octanol–water partition coefficient (Wildman–Crippen LogP) is 4.50. The van der Waals surface area contributed by atoms with Crippen LogP contribution in [0.3, 0.4) is 0 Å². The molecule has 104 valence electrons. The Morgan fingerprint density at radius 2 is 2.32 bits per heavy atom. The lowest BCUT2D eigenvalue weighted by Gasteiger charge is -2.20. The molecule has 0 radical (unpaired) electrons. The fraction of sp³-hybridized carbons (Fsp3) is 0.500. The molecule has 3 heteroatoms. The SMILES string of the molecule is CCNC(C)c1ccc(OC2C=CCCC2)c(Cl)c1. The first kappa shape index (κ1) is 14.4. The highest BCUT2D eigenvalue weighted by molar-refractivity contribution is 6.32. The molecule has 0 fully saturated rings. The molecule has 0 amide bonds. The smallest absolute Gasteiger partial charge is 0.138 e. The summed E-state index contributed by atoms with van der Waals surface area (Å²) in [5.41, 5.74) is 1.19. The molecule has 2 unspecified atom stereocenters. The van der Waals surface area contributed by atoms with E-state index in [2.05, 4.69) is 37.4 Å². The quantitative estimate of drug-likeness (QED) is 0.802. The monoisotopic (exact) mass is 279 g/mol. The van der Waals surface area contributed by atoms with Crippen LogP contribution < -0.4 is 10.1 Å². The number of hydrogen-bond donors (Lipinski definition) is 1. The maximum atomic E-state index is 6.32. The van der Waals surface area contributed by atoms with Gasteiger partial charge in [0.25, 0.3) is 0 Å². The number of halogens is 1. The fourth-order valence-electron chi connectivity index (χ4n) is 2.35. The van der Waals surface area contributed by atoms with E-state index in [9.17, 15) is 0 Å². The van der Waals surface area contributed by atoms with Crippen LogP contribution in [0.4, 0.5) is 0 Å². The molecule has 1 aromatic rings. The summed E-state index contributed by atoms with van der Waals surface area (Å²) in [6.07, 6.45) is 7.91. The van der Waals surface area contributed by atoms with Gasteiger partial charge in [-0.1, -0.05) is 30.7 Å². The van der Waals surface area contributed by atoms with Crippen molar-refractivity contribution in [1.82, 2.24) is 5.32 Å². The van der Waals surface area contributed by atoms with Gasteiger partial charge in [0, 0.05) is 6.04 Å². The molecule has 19 heavy (non-hydrogen) atoms. The third kappa shape index (κ3) is 3.99. The van der Waals surface area contributed by atoms with Crippen molar-refractivity contribution in [3.05, 3.63) is 40.9 Å². The van der Waals surface area contributed by atoms with E-state index in [0.717, 1.165) is 25.1 Å². The molecule has 0 aromatic heterocycles. The molecule has 0 aliphatic heterocycles. The topological polar surface area (TPSA) is 21.3 Å². The summed E-state index contributed by atoms with van der Waals surface area (Å²) >= 11 is 6.32. The van der Waals surface area contributed by atoms with Crippen LogP contribution in [0.1, 0.15) is 44.7 Å². The summed E-state index contributed by atoms with van der Waals surface area (Å²) in [6, 6.07) is 6.37.